The highest BCUT2D eigenvalue weighted by Gasteiger charge is 2.11. The van der Waals surface area contributed by atoms with Crippen LogP contribution in [0.3, 0.4) is 0 Å². The molecule has 2 aromatic carbocycles. The topological polar surface area (TPSA) is 21.3 Å². The molecule has 2 aromatic rings. The molecule has 0 bridgehead atoms. The Morgan fingerprint density at radius 1 is 1.10 bits per heavy atom. The molecule has 0 radical (unpaired) electrons. The molecular formula is C17H20BrNO. The van der Waals surface area contributed by atoms with E-state index in [1.165, 1.54) is 11.1 Å². The molecule has 0 aliphatic heterocycles. The average molecular weight is 334 g/mol. The van der Waals surface area contributed by atoms with E-state index in [9.17, 15) is 0 Å². The van der Waals surface area contributed by atoms with Gasteiger partial charge in [0, 0.05) is 10.5 Å². The fourth-order valence-electron chi connectivity index (χ4n) is 2.23. The molecule has 20 heavy (non-hydrogen) atoms. The molecule has 0 amide bonds. The minimum atomic E-state index is 0.296. The van der Waals surface area contributed by atoms with Crippen molar-refractivity contribution < 1.29 is 4.74 Å². The molecule has 106 valence electrons. The molecule has 2 rings (SSSR count). The van der Waals surface area contributed by atoms with Crippen molar-refractivity contribution in [3.8, 4) is 5.75 Å². The Morgan fingerprint density at radius 2 is 1.80 bits per heavy atom. The van der Waals surface area contributed by atoms with Crippen molar-refractivity contribution in [3.05, 3.63) is 64.1 Å². The van der Waals surface area contributed by atoms with Crippen molar-refractivity contribution in [2.75, 3.05) is 13.7 Å². The van der Waals surface area contributed by atoms with Crippen LogP contribution in [-0.2, 0) is 6.42 Å². The first-order chi connectivity index (χ1) is 9.74. The van der Waals surface area contributed by atoms with Gasteiger partial charge in [0.2, 0.25) is 0 Å². The summed E-state index contributed by atoms with van der Waals surface area (Å²) in [6.07, 6.45) is 0.950. The molecule has 0 aromatic heterocycles. The summed E-state index contributed by atoms with van der Waals surface area (Å²) < 4.78 is 6.64. The van der Waals surface area contributed by atoms with Crippen LogP contribution < -0.4 is 10.1 Å². The van der Waals surface area contributed by atoms with Gasteiger partial charge in [-0.25, -0.2) is 0 Å². The lowest BCUT2D eigenvalue weighted by Crippen LogP contribution is -2.19. The molecule has 1 atom stereocenters. The smallest absolute Gasteiger partial charge is 0.119 e. The first-order valence-electron chi connectivity index (χ1n) is 6.88. The van der Waals surface area contributed by atoms with Crippen molar-refractivity contribution in [1.29, 1.82) is 0 Å². The van der Waals surface area contributed by atoms with Crippen molar-refractivity contribution in [2.45, 2.75) is 19.4 Å². The number of halogens is 1. The lowest BCUT2D eigenvalue weighted by atomic mass is 9.99. The number of hydrogen-bond acceptors (Lipinski definition) is 2. The fourth-order valence-corrected chi connectivity index (χ4v) is 2.68. The summed E-state index contributed by atoms with van der Waals surface area (Å²) in [6, 6.07) is 17.0. The van der Waals surface area contributed by atoms with Gasteiger partial charge in [-0.1, -0.05) is 46.3 Å². The van der Waals surface area contributed by atoms with Gasteiger partial charge in [0.1, 0.15) is 5.75 Å². The SMILES string of the molecule is CCOc1ccc(C(Cc2ccccc2Br)NC)cc1. The van der Waals surface area contributed by atoms with Crippen LogP contribution in [0.25, 0.3) is 0 Å². The van der Waals surface area contributed by atoms with Crippen LogP contribution in [0, 0.1) is 0 Å². The van der Waals surface area contributed by atoms with Gasteiger partial charge in [-0.05, 0) is 49.7 Å². The second-order valence-corrected chi connectivity index (χ2v) is 5.49. The molecule has 0 saturated carbocycles. The summed E-state index contributed by atoms with van der Waals surface area (Å²) in [4.78, 5) is 0. The summed E-state index contributed by atoms with van der Waals surface area (Å²) in [7, 11) is 2.00. The second kappa shape index (κ2) is 7.46. The monoisotopic (exact) mass is 333 g/mol. The van der Waals surface area contributed by atoms with Crippen LogP contribution in [0.1, 0.15) is 24.1 Å². The van der Waals surface area contributed by atoms with E-state index in [0.717, 1.165) is 16.6 Å². The van der Waals surface area contributed by atoms with Crippen molar-refractivity contribution >= 4 is 15.9 Å². The van der Waals surface area contributed by atoms with E-state index in [1.54, 1.807) is 0 Å². The lowest BCUT2D eigenvalue weighted by Gasteiger charge is -2.18. The van der Waals surface area contributed by atoms with E-state index in [-0.39, 0.29) is 0 Å². The van der Waals surface area contributed by atoms with Gasteiger partial charge < -0.3 is 10.1 Å². The largest absolute Gasteiger partial charge is 0.494 e. The van der Waals surface area contributed by atoms with Crippen molar-refractivity contribution in [3.63, 3.8) is 0 Å². The maximum Gasteiger partial charge on any atom is 0.119 e. The van der Waals surface area contributed by atoms with Crippen LogP contribution >= 0.6 is 15.9 Å². The molecule has 2 nitrogen and oxygen atoms in total. The molecule has 0 spiro atoms. The normalized spacial score (nSPS) is 12.2. The standard InChI is InChI=1S/C17H20BrNO/c1-3-20-15-10-8-13(9-11-15)17(19-2)12-14-6-4-5-7-16(14)18/h4-11,17,19H,3,12H2,1-2H3. The van der Waals surface area contributed by atoms with Gasteiger partial charge in [0.15, 0.2) is 0 Å². The highest BCUT2D eigenvalue weighted by atomic mass is 79.9. The minimum Gasteiger partial charge on any atom is -0.494 e. The number of benzene rings is 2. The lowest BCUT2D eigenvalue weighted by molar-refractivity contribution is 0.340. The molecule has 0 saturated heterocycles. The molecule has 1 N–H and O–H groups in total. The van der Waals surface area contributed by atoms with Crippen LogP contribution in [0.4, 0.5) is 0 Å². The third-order valence-corrected chi connectivity index (χ3v) is 4.10. The van der Waals surface area contributed by atoms with Gasteiger partial charge in [-0.2, -0.15) is 0 Å². The molecular weight excluding hydrogens is 314 g/mol. The zero-order valence-electron chi connectivity index (χ0n) is 11.9. The fraction of sp³-hybridized carbons (Fsp3) is 0.294. The number of rotatable bonds is 6. The van der Waals surface area contributed by atoms with Gasteiger partial charge in [-0.15, -0.1) is 0 Å². The summed E-state index contributed by atoms with van der Waals surface area (Å²) in [5.41, 5.74) is 2.58. The van der Waals surface area contributed by atoms with Crippen LogP contribution in [0.2, 0.25) is 0 Å². The summed E-state index contributed by atoms with van der Waals surface area (Å²) in [5.74, 6) is 0.923. The van der Waals surface area contributed by atoms with Crippen LogP contribution in [0.5, 0.6) is 5.75 Å². The van der Waals surface area contributed by atoms with Gasteiger partial charge in [0.25, 0.3) is 0 Å². The van der Waals surface area contributed by atoms with Gasteiger partial charge >= 0.3 is 0 Å². The quantitative estimate of drug-likeness (QED) is 0.848. The maximum absolute atomic E-state index is 5.48. The van der Waals surface area contributed by atoms with Gasteiger partial charge in [-0.3, -0.25) is 0 Å². The van der Waals surface area contributed by atoms with E-state index < -0.39 is 0 Å². The van der Waals surface area contributed by atoms with E-state index in [0.29, 0.717) is 12.6 Å². The third-order valence-electron chi connectivity index (χ3n) is 3.32. The summed E-state index contributed by atoms with van der Waals surface area (Å²) in [5, 5.41) is 3.38. The molecule has 0 aliphatic rings. The molecule has 3 heteroatoms. The van der Waals surface area contributed by atoms with Gasteiger partial charge in [0.05, 0.1) is 6.61 Å². The molecule has 0 heterocycles. The third kappa shape index (κ3) is 3.84. The first-order valence-corrected chi connectivity index (χ1v) is 7.67. The number of likely N-dealkylation sites (N-methyl/N-ethyl adjacent to an activating group) is 1. The Labute approximate surface area is 129 Å². The van der Waals surface area contributed by atoms with E-state index in [1.807, 2.05) is 32.2 Å². The first kappa shape index (κ1) is 15.1. The molecule has 1 unspecified atom stereocenters. The number of ether oxygens (including phenoxy) is 1. The maximum atomic E-state index is 5.48. The summed E-state index contributed by atoms with van der Waals surface area (Å²) >= 11 is 3.61. The number of nitrogens with one attached hydrogen (secondary N) is 1. The molecule has 0 fully saturated rings. The van der Waals surface area contributed by atoms with Crippen LogP contribution in [0.15, 0.2) is 53.0 Å². The Bertz CT molecular complexity index is 539. The second-order valence-electron chi connectivity index (χ2n) is 4.64. The molecule has 0 aliphatic carbocycles. The zero-order chi connectivity index (χ0) is 14.4. The highest BCUT2D eigenvalue weighted by molar-refractivity contribution is 9.10. The average Bonchev–Trinajstić information content (AvgIpc) is 2.48. The predicted molar refractivity (Wildman–Crippen MR) is 87.3 cm³/mol. The summed E-state index contributed by atoms with van der Waals surface area (Å²) in [6.45, 7) is 2.70. The van der Waals surface area contributed by atoms with E-state index in [4.69, 9.17) is 4.74 Å². The Balaban J connectivity index is 2.13. The van der Waals surface area contributed by atoms with E-state index >= 15 is 0 Å². The zero-order valence-corrected chi connectivity index (χ0v) is 13.5. The van der Waals surface area contributed by atoms with Crippen molar-refractivity contribution in [2.24, 2.45) is 0 Å². The highest BCUT2D eigenvalue weighted by Crippen LogP contribution is 2.25. The Kier molecular flexibility index (Phi) is 5.62. The predicted octanol–water partition coefficient (Wildman–Crippen LogP) is 4.35. The van der Waals surface area contributed by atoms with Crippen molar-refractivity contribution in [1.82, 2.24) is 5.32 Å². The van der Waals surface area contributed by atoms with E-state index in [2.05, 4.69) is 51.6 Å². The Hall–Kier alpha value is -1.32. The minimum absolute atomic E-state index is 0.296. The number of hydrogen-bond donors (Lipinski definition) is 1. The Morgan fingerprint density at radius 3 is 2.40 bits per heavy atom. The van der Waals surface area contributed by atoms with Crippen LogP contribution in [-0.4, -0.2) is 13.7 Å².